The van der Waals surface area contributed by atoms with Gasteiger partial charge in [0.25, 0.3) is 22.9 Å². The van der Waals surface area contributed by atoms with E-state index in [2.05, 4.69) is 0 Å². The van der Waals surface area contributed by atoms with Gasteiger partial charge in [0.05, 0.1) is 14.2 Å². The first-order valence-electron chi connectivity index (χ1n) is 8.64. The molecule has 1 aromatic carbocycles. The van der Waals surface area contributed by atoms with Crippen molar-refractivity contribution in [2.24, 2.45) is 14.1 Å². The van der Waals surface area contributed by atoms with E-state index in [9.17, 15) is 32.3 Å². The highest BCUT2D eigenvalue weighted by atomic mass is 19.4. The van der Waals surface area contributed by atoms with Crippen LogP contribution in [0.5, 0.6) is 11.5 Å². The quantitative estimate of drug-likeness (QED) is 0.700. The summed E-state index contributed by atoms with van der Waals surface area (Å²) >= 11 is 0. The van der Waals surface area contributed by atoms with Crippen LogP contribution in [0.15, 0.2) is 27.8 Å². The van der Waals surface area contributed by atoms with Crippen LogP contribution in [0, 0.1) is 0 Å². The number of amides is 2. The molecule has 0 unspecified atom stereocenters. The molecule has 0 aliphatic carbocycles. The summed E-state index contributed by atoms with van der Waals surface area (Å²) in [6.45, 7) is 0. The number of hydrogen-bond acceptors (Lipinski definition) is 6. The Hall–Kier alpha value is -3.77. The first-order chi connectivity index (χ1) is 14.4. The summed E-state index contributed by atoms with van der Waals surface area (Å²) in [4.78, 5) is 50.0. The van der Waals surface area contributed by atoms with Crippen molar-refractivity contribution in [3.05, 3.63) is 50.2 Å². The predicted molar refractivity (Wildman–Crippen MR) is 100 cm³/mol. The van der Waals surface area contributed by atoms with E-state index in [0.29, 0.717) is 9.13 Å². The molecule has 1 aromatic heterocycles. The van der Waals surface area contributed by atoms with Crippen LogP contribution in [-0.4, -0.2) is 41.3 Å². The minimum absolute atomic E-state index is 0.0609. The molecule has 0 saturated heterocycles. The van der Waals surface area contributed by atoms with E-state index < -0.39 is 46.2 Å². The van der Waals surface area contributed by atoms with Crippen molar-refractivity contribution in [2.45, 2.75) is 11.7 Å². The number of fused-ring (bicyclic) bond motifs is 1. The van der Waals surface area contributed by atoms with Gasteiger partial charge in [-0.05, 0) is 18.2 Å². The minimum atomic E-state index is -5.42. The summed E-state index contributed by atoms with van der Waals surface area (Å²) in [6, 6.07) is 3.57. The average molecular weight is 442 g/mol. The number of ether oxygens (including phenoxy) is 2. The van der Waals surface area contributed by atoms with Gasteiger partial charge in [0.2, 0.25) is 0 Å². The zero-order chi connectivity index (χ0) is 23.3. The molecular weight excluding hydrogens is 425 g/mol. The molecule has 10 nitrogen and oxygen atoms in total. The molecule has 2 N–H and O–H groups in total. The zero-order valence-electron chi connectivity index (χ0n) is 16.7. The van der Waals surface area contributed by atoms with Crippen LogP contribution in [0.4, 0.5) is 19.0 Å². The number of carbonyl (C=O) groups is 2. The lowest BCUT2D eigenvalue weighted by Crippen LogP contribution is -2.62. The van der Waals surface area contributed by atoms with Crippen LogP contribution in [0.2, 0.25) is 0 Å². The maximum Gasteiger partial charge on any atom is 0.425 e. The standard InChI is InChI=1S/C18H17F3N4O6/c1-24-12-11(14(27)25(2)16(24)29)17(15(28)22-12,18(19,20)21)23-13(26)8-5-6-9(30-3)10(7-8)31-4/h5-7H,1-4H3,(H,22,28)(H,23,26)/t17-/m1/s1. The molecular formula is C18H17F3N4O6. The van der Waals surface area contributed by atoms with E-state index in [4.69, 9.17) is 9.47 Å². The maximum absolute atomic E-state index is 14.3. The van der Waals surface area contributed by atoms with Crippen molar-refractivity contribution >= 4 is 17.6 Å². The monoisotopic (exact) mass is 442 g/mol. The molecule has 2 amide bonds. The molecule has 1 aliphatic rings. The molecule has 1 aliphatic heterocycles. The fourth-order valence-corrected chi connectivity index (χ4v) is 3.32. The fourth-order valence-electron chi connectivity index (χ4n) is 3.32. The van der Waals surface area contributed by atoms with Gasteiger partial charge in [-0.2, -0.15) is 13.2 Å². The SMILES string of the molecule is COc1ccc(C(=O)N[C@@]2(C(F)(F)F)C(=O)Nc3c2c(=O)n(C)c(=O)n3C)cc1OC. The predicted octanol–water partition coefficient (Wildman–Crippen LogP) is 0.241. The number of hydrogen-bond donors (Lipinski definition) is 2. The number of alkyl halides is 3. The van der Waals surface area contributed by atoms with E-state index >= 15 is 0 Å². The molecule has 0 spiro atoms. The lowest BCUT2D eigenvalue weighted by Gasteiger charge is -2.30. The van der Waals surface area contributed by atoms with Crippen molar-refractivity contribution in [3.63, 3.8) is 0 Å². The lowest BCUT2D eigenvalue weighted by molar-refractivity contribution is -0.196. The van der Waals surface area contributed by atoms with Crippen molar-refractivity contribution in [1.29, 1.82) is 0 Å². The van der Waals surface area contributed by atoms with Gasteiger partial charge in [-0.1, -0.05) is 0 Å². The molecule has 31 heavy (non-hydrogen) atoms. The highest BCUT2D eigenvalue weighted by molar-refractivity contribution is 6.09. The number of carbonyl (C=O) groups excluding carboxylic acids is 2. The minimum Gasteiger partial charge on any atom is -0.493 e. The van der Waals surface area contributed by atoms with Gasteiger partial charge in [0.15, 0.2) is 11.5 Å². The van der Waals surface area contributed by atoms with E-state index in [1.165, 1.54) is 20.3 Å². The number of benzene rings is 1. The van der Waals surface area contributed by atoms with Gasteiger partial charge in [-0.15, -0.1) is 0 Å². The molecule has 0 radical (unpaired) electrons. The van der Waals surface area contributed by atoms with Crippen molar-refractivity contribution in [2.75, 3.05) is 19.5 Å². The summed E-state index contributed by atoms with van der Waals surface area (Å²) in [5.41, 5.74) is -7.44. The van der Waals surface area contributed by atoms with Crippen LogP contribution < -0.4 is 31.4 Å². The first kappa shape index (κ1) is 21.9. The van der Waals surface area contributed by atoms with Crippen LogP contribution in [0.3, 0.4) is 0 Å². The first-order valence-corrected chi connectivity index (χ1v) is 8.64. The van der Waals surface area contributed by atoms with E-state index in [0.717, 1.165) is 26.2 Å². The Morgan fingerprint density at radius 1 is 1.06 bits per heavy atom. The fraction of sp³-hybridized carbons (Fsp3) is 0.333. The average Bonchev–Trinajstić information content (AvgIpc) is 3.03. The number of anilines is 1. The number of methoxy groups -OCH3 is 2. The summed E-state index contributed by atoms with van der Waals surface area (Å²) in [7, 11) is 4.65. The van der Waals surface area contributed by atoms with Gasteiger partial charge in [0, 0.05) is 19.7 Å². The number of aromatic nitrogens is 2. The Morgan fingerprint density at radius 2 is 1.68 bits per heavy atom. The largest absolute Gasteiger partial charge is 0.493 e. The van der Waals surface area contributed by atoms with Gasteiger partial charge < -0.3 is 20.1 Å². The molecule has 166 valence electrons. The van der Waals surface area contributed by atoms with Gasteiger partial charge in [-0.3, -0.25) is 23.5 Å². The molecule has 13 heteroatoms. The third-order valence-electron chi connectivity index (χ3n) is 4.98. The topological polar surface area (TPSA) is 121 Å². The van der Waals surface area contributed by atoms with Crippen molar-refractivity contribution in [1.82, 2.24) is 14.5 Å². The Morgan fingerprint density at radius 3 is 2.23 bits per heavy atom. The maximum atomic E-state index is 14.3. The van der Waals surface area contributed by atoms with Gasteiger partial charge in [0.1, 0.15) is 11.4 Å². The second-order valence-corrected chi connectivity index (χ2v) is 6.66. The smallest absolute Gasteiger partial charge is 0.425 e. The Labute approximate surface area is 172 Å². The van der Waals surface area contributed by atoms with Crippen molar-refractivity contribution < 1.29 is 32.2 Å². The molecule has 0 saturated carbocycles. The number of rotatable bonds is 4. The molecule has 2 heterocycles. The number of halogens is 3. The third kappa shape index (κ3) is 3.04. The number of nitrogens with one attached hydrogen (secondary N) is 2. The Bertz CT molecular complexity index is 1220. The van der Waals surface area contributed by atoms with Crippen LogP contribution in [0.25, 0.3) is 0 Å². The van der Waals surface area contributed by atoms with Crippen molar-refractivity contribution in [3.8, 4) is 11.5 Å². The summed E-state index contributed by atoms with van der Waals surface area (Å²) in [5.74, 6) is -3.40. The molecule has 2 aromatic rings. The zero-order valence-corrected chi connectivity index (χ0v) is 16.7. The van der Waals surface area contributed by atoms with E-state index in [1.54, 1.807) is 5.32 Å². The Balaban J connectivity index is 2.23. The van der Waals surface area contributed by atoms with Crippen LogP contribution >= 0.6 is 0 Å². The highest BCUT2D eigenvalue weighted by Crippen LogP contribution is 2.45. The Kier molecular flexibility index (Phi) is 5.08. The van der Waals surface area contributed by atoms with Crippen LogP contribution in [-0.2, 0) is 24.4 Å². The molecule has 0 bridgehead atoms. The van der Waals surface area contributed by atoms with E-state index in [1.807, 2.05) is 5.32 Å². The highest BCUT2D eigenvalue weighted by Gasteiger charge is 2.68. The lowest BCUT2D eigenvalue weighted by atomic mass is 9.91. The molecule has 3 rings (SSSR count). The van der Waals surface area contributed by atoms with Gasteiger partial charge in [-0.25, -0.2) is 4.79 Å². The number of nitrogens with zero attached hydrogens (tertiary/aromatic N) is 2. The normalized spacial score (nSPS) is 17.7. The summed E-state index contributed by atoms with van der Waals surface area (Å²) in [5, 5.41) is 3.56. The van der Waals surface area contributed by atoms with Gasteiger partial charge >= 0.3 is 11.9 Å². The summed E-state index contributed by atoms with van der Waals surface area (Å²) in [6.07, 6.45) is -5.42. The summed E-state index contributed by atoms with van der Waals surface area (Å²) < 4.78 is 54.0. The second kappa shape index (κ2) is 7.18. The van der Waals surface area contributed by atoms with Crippen LogP contribution in [0.1, 0.15) is 15.9 Å². The molecule has 0 fully saturated rings. The van der Waals surface area contributed by atoms with E-state index in [-0.39, 0.29) is 17.1 Å². The molecule has 1 atom stereocenters. The third-order valence-corrected chi connectivity index (χ3v) is 4.98. The second-order valence-electron chi connectivity index (χ2n) is 6.66.